The third-order valence-corrected chi connectivity index (χ3v) is 4.68. The highest BCUT2D eigenvalue weighted by Crippen LogP contribution is 2.37. The average Bonchev–Trinajstić information content (AvgIpc) is 2.78. The topological polar surface area (TPSA) is 54.4 Å². The summed E-state index contributed by atoms with van der Waals surface area (Å²) in [5.74, 6) is -0.322. The number of anilines is 4. The van der Waals surface area contributed by atoms with Gasteiger partial charge in [-0.3, -0.25) is 4.90 Å². The normalized spacial score (nSPS) is 12.0. The summed E-state index contributed by atoms with van der Waals surface area (Å²) in [5.41, 5.74) is 1.05. The van der Waals surface area contributed by atoms with Gasteiger partial charge in [0.1, 0.15) is 0 Å². The van der Waals surface area contributed by atoms with Crippen LogP contribution in [0.4, 0.5) is 49.6 Å². The van der Waals surface area contributed by atoms with E-state index in [1.54, 1.807) is 79.4 Å². The molecule has 0 saturated heterocycles. The number of benzene rings is 2. The Bertz CT molecular complexity index is 1010. The number of nitrogens with zero attached hydrogens (tertiary/aromatic N) is 5. The van der Waals surface area contributed by atoms with Crippen LogP contribution < -0.4 is 14.5 Å². The number of alkyl halides is 6. The maximum absolute atomic E-state index is 13.1. The molecule has 3 rings (SSSR count). The molecule has 12 heteroatoms. The van der Waals surface area contributed by atoms with Gasteiger partial charge in [-0.25, -0.2) is 0 Å². The SMILES string of the molecule is CCN(CC)c1nc(OC(C(F)(F)F)C(F)(F)F)nc(N(c2ccccc2)c2ccccc2)n1. The van der Waals surface area contributed by atoms with Crippen LogP contribution in [0.25, 0.3) is 0 Å². The molecule has 0 aliphatic rings. The highest BCUT2D eigenvalue weighted by atomic mass is 19.4. The molecule has 0 amide bonds. The molecule has 0 radical (unpaired) electrons. The molecule has 0 saturated carbocycles. The third-order valence-electron chi connectivity index (χ3n) is 4.68. The van der Waals surface area contributed by atoms with Crippen molar-refractivity contribution in [3.63, 3.8) is 0 Å². The fourth-order valence-corrected chi connectivity index (χ4v) is 3.09. The predicted molar refractivity (Wildman–Crippen MR) is 115 cm³/mol. The first-order valence-electron chi connectivity index (χ1n) is 10.3. The fraction of sp³-hybridized carbons (Fsp3) is 0.318. The van der Waals surface area contributed by atoms with Crippen LogP contribution in [-0.4, -0.2) is 46.5 Å². The molecule has 182 valence electrons. The summed E-state index contributed by atoms with van der Waals surface area (Å²) in [6, 6.07) is 16.1. The van der Waals surface area contributed by atoms with Crippen LogP contribution in [0.3, 0.4) is 0 Å². The first-order valence-corrected chi connectivity index (χ1v) is 10.3. The summed E-state index contributed by atoms with van der Waals surface area (Å²) in [7, 11) is 0. The largest absolute Gasteiger partial charge is 0.440 e. The lowest BCUT2D eigenvalue weighted by atomic mass is 10.2. The quantitative estimate of drug-likeness (QED) is 0.362. The fourth-order valence-electron chi connectivity index (χ4n) is 3.09. The van der Waals surface area contributed by atoms with Crippen molar-refractivity contribution in [2.45, 2.75) is 32.3 Å². The van der Waals surface area contributed by atoms with Crippen LogP contribution in [0.1, 0.15) is 13.8 Å². The van der Waals surface area contributed by atoms with Gasteiger partial charge < -0.3 is 9.64 Å². The van der Waals surface area contributed by atoms with Crippen molar-refractivity contribution in [2.75, 3.05) is 22.9 Å². The molecule has 0 fully saturated rings. The number of aromatic nitrogens is 3. The lowest BCUT2D eigenvalue weighted by Crippen LogP contribution is -2.47. The van der Waals surface area contributed by atoms with Crippen molar-refractivity contribution in [1.82, 2.24) is 15.0 Å². The Kier molecular flexibility index (Phi) is 7.48. The molecule has 1 aromatic heterocycles. The van der Waals surface area contributed by atoms with Crippen molar-refractivity contribution >= 4 is 23.3 Å². The van der Waals surface area contributed by atoms with E-state index in [2.05, 4.69) is 19.7 Å². The van der Waals surface area contributed by atoms with Crippen molar-refractivity contribution in [2.24, 2.45) is 0 Å². The molecule has 3 aromatic rings. The summed E-state index contributed by atoms with van der Waals surface area (Å²) < 4.78 is 83.2. The minimum Gasteiger partial charge on any atom is -0.440 e. The Balaban J connectivity index is 2.20. The van der Waals surface area contributed by atoms with E-state index >= 15 is 0 Å². The van der Waals surface area contributed by atoms with Gasteiger partial charge >= 0.3 is 18.4 Å². The molecule has 0 atom stereocenters. The molecule has 0 spiro atoms. The zero-order valence-electron chi connectivity index (χ0n) is 18.2. The maximum Gasteiger partial charge on any atom is 0.434 e. The van der Waals surface area contributed by atoms with Gasteiger partial charge in [0.05, 0.1) is 0 Å². The molecule has 6 nitrogen and oxygen atoms in total. The van der Waals surface area contributed by atoms with Crippen molar-refractivity contribution < 1.29 is 31.1 Å². The van der Waals surface area contributed by atoms with E-state index < -0.39 is 24.5 Å². The van der Waals surface area contributed by atoms with Crippen LogP contribution in [0.2, 0.25) is 0 Å². The van der Waals surface area contributed by atoms with Gasteiger partial charge in [0.25, 0.3) is 6.10 Å². The summed E-state index contributed by atoms with van der Waals surface area (Å²) >= 11 is 0. The van der Waals surface area contributed by atoms with E-state index in [4.69, 9.17) is 0 Å². The van der Waals surface area contributed by atoms with Crippen LogP contribution in [-0.2, 0) is 0 Å². The predicted octanol–water partition coefficient (Wildman–Crippen LogP) is 6.06. The molecule has 0 unspecified atom stereocenters. The summed E-state index contributed by atoms with van der Waals surface area (Å²) in [4.78, 5) is 15.0. The van der Waals surface area contributed by atoms with Gasteiger partial charge in [-0.2, -0.15) is 41.3 Å². The molecule has 0 aliphatic heterocycles. The standard InChI is InChI=1S/C22H21F6N5O/c1-3-32(4-2)18-29-19(31-20(30-18)34-17(21(23,24)25)22(26,27)28)33(15-11-7-5-8-12-15)16-13-9-6-10-14-16/h5-14,17H,3-4H2,1-2H3. The molecular formula is C22H21F6N5O. The number of rotatable bonds is 8. The lowest BCUT2D eigenvalue weighted by Gasteiger charge is -2.27. The smallest absolute Gasteiger partial charge is 0.434 e. The molecule has 1 heterocycles. The van der Waals surface area contributed by atoms with Crippen LogP contribution in [0.15, 0.2) is 60.7 Å². The number of hydrogen-bond donors (Lipinski definition) is 0. The van der Waals surface area contributed by atoms with Gasteiger partial charge in [0.2, 0.25) is 11.9 Å². The monoisotopic (exact) mass is 485 g/mol. The molecule has 0 bridgehead atoms. The van der Waals surface area contributed by atoms with E-state index in [1.165, 1.54) is 4.90 Å². The molecule has 34 heavy (non-hydrogen) atoms. The first kappa shape index (κ1) is 25.1. The molecule has 2 aromatic carbocycles. The number of hydrogen-bond acceptors (Lipinski definition) is 6. The molecule has 0 N–H and O–H groups in total. The minimum atomic E-state index is -5.72. The van der Waals surface area contributed by atoms with E-state index in [1.807, 2.05) is 0 Å². The summed E-state index contributed by atoms with van der Waals surface area (Å²) in [6.45, 7) is 4.18. The van der Waals surface area contributed by atoms with Crippen molar-refractivity contribution in [1.29, 1.82) is 0 Å². The van der Waals surface area contributed by atoms with E-state index in [-0.39, 0.29) is 11.9 Å². The third kappa shape index (κ3) is 5.86. The maximum atomic E-state index is 13.1. The van der Waals surface area contributed by atoms with E-state index in [0.717, 1.165) is 0 Å². The van der Waals surface area contributed by atoms with E-state index in [9.17, 15) is 26.3 Å². The lowest BCUT2D eigenvalue weighted by molar-refractivity contribution is -0.301. The second kappa shape index (κ2) is 10.1. The number of ether oxygens (including phenoxy) is 1. The van der Waals surface area contributed by atoms with Gasteiger partial charge in [-0.1, -0.05) is 36.4 Å². The van der Waals surface area contributed by atoms with Gasteiger partial charge in [0, 0.05) is 24.5 Å². The average molecular weight is 485 g/mol. The first-order chi connectivity index (χ1) is 16.0. The summed E-state index contributed by atoms with van der Waals surface area (Å²) in [5, 5.41) is 0. The van der Waals surface area contributed by atoms with E-state index in [0.29, 0.717) is 24.5 Å². The Morgan fingerprint density at radius 1 is 0.706 bits per heavy atom. The zero-order valence-corrected chi connectivity index (χ0v) is 18.2. The van der Waals surface area contributed by atoms with Gasteiger partial charge in [0.15, 0.2) is 0 Å². The molecule has 0 aliphatic carbocycles. The zero-order chi connectivity index (χ0) is 24.9. The number of para-hydroxylation sites is 2. The molecular weight excluding hydrogens is 464 g/mol. The van der Waals surface area contributed by atoms with Crippen LogP contribution >= 0.6 is 0 Å². The van der Waals surface area contributed by atoms with Crippen molar-refractivity contribution in [3.05, 3.63) is 60.7 Å². The second-order valence-corrected chi connectivity index (χ2v) is 6.98. The number of halogens is 6. The van der Waals surface area contributed by atoms with Crippen molar-refractivity contribution in [3.8, 4) is 6.01 Å². The Hall–Kier alpha value is -3.57. The minimum absolute atomic E-state index is 0.120. The highest BCUT2D eigenvalue weighted by Gasteiger charge is 2.59. The van der Waals surface area contributed by atoms with Gasteiger partial charge in [-0.15, -0.1) is 0 Å². The summed E-state index contributed by atoms with van der Waals surface area (Å²) in [6.07, 6.45) is -15.5. The Labute approximate surface area is 191 Å². The highest BCUT2D eigenvalue weighted by molar-refractivity contribution is 5.72. The van der Waals surface area contributed by atoms with Gasteiger partial charge in [-0.05, 0) is 38.1 Å². The van der Waals surface area contributed by atoms with Crippen LogP contribution in [0.5, 0.6) is 6.01 Å². The van der Waals surface area contributed by atoms with Crippen LogP contribution in [0, 0.1) is 0 Å². The second-order valence-electron chi connectivity index (χ2n) is 6.98. The Morgan fingerprint density at radius 3 is 1.56 bits per heavy atom. The Morgan fingerprint density at radius 2 is 1.15 bits per heavy atom.